The van der Waals surface area contributed by atoms with Crippen molar-refractivity contribution in [3.05, 3.63) is 75.8 Å². The molecule has 3 aromatic rings. The largest absolute Gasteiger partial charge is 0.488 e. The number of alkyl halides is 7. The Balaban J connectivity index is 1.91. The van der Waals surface area contributed by atoms with Crippen molar-refractivity contribution in [3.8, 4) is 5.75 Å². The molecule has 0 bridgehead atoms. The highest BCUT2D eigenvalue weighted by Gasteiger charge is 2.73. The summed E-state index contributed by atoms with van der Waals surface area (Å²) in [5.41, 5.74) is 1.29. The molecule has 0 aliphatic carbocycles. The molecular weight excluding hydrogens is 500 g/mol. The van der Waals surface area contributed by atoms with E-state index in [1.165, 1.54) is 12.1 Å². The van der Waals surface area contributed by atoms with Crippen LogP contribution in [0, 0.1) is 0 Å². The van der Waals surface area contributed by atoms with Crippen LogP contribution in [-0.4, -0.2) is 24.4 Å². The number of hydrazone groups is 1. The summed E-state index contributed by atoms with van der Waals surface area (Å²) in [6.45, 7) is -0.0359. The van der Waals surface area contributed by atoms with E-state index >= 15 is 0 Å². The normalized spacial score (nSPS) is 13.0. The van der Waals surface area contributed by atoms with E-state index in [0.717, 1.165) is 0 Å². The minimum absolute atomic E-state index is 0.0359. The Morgan fingerprint density at radius 1 is 0.879 bits per heavy atom. The summed E-state index contributed by atoms with van der Waals surface area (Å²) in [5.74, 6) is -6.24. The van der Waals surface area contributed by atoms with Gasteiger partial charge in [0, 0.05) is 5.56 Å². The summed E-state index contributed by atoms with van der Waals surface area (Å²) in [6, 6.07) is 8.70. The van der Waals surface area contributed by atoms with Crippen LogP contribution in [0.1, 0.15) is 11.1 Å². The van der Waals surface area contributed by atoms with Crippen LogP contribution in [0.4, 0.5) is 30.7 Å². The topological polar surface area (TPSA) is 33.6 Å². The first-order chi connectivity index (χ1) is 15.3. The maximum absolute atomic E-state index is 13.5. The van der Waals surface area contributed by atoms with Crippen LogP contribution in [0.15, 0.2) is 59.7 Å². The number of rotatable bonds is 7. The molecule has 3 rings (SSSR count). The second-order valence-corrected chi connectivity index (χ2v) is 7.57. The minimum Gasteiger partial charge on any atom is -0.488 e. The summed E-state index contributed by atoms with van der Waals surface area (Å²) in [7, 11) is 0. The lowest BCUT2D eigenvalue weighted by Crippen LogP contribution is -2.58. The maximum atomic E-state index is 13.5. The van der Waals surface area contributed by atoms with Crippen molar-refractivity contribution in [2.75, 3.05) is 0 Å². The molecule has 0 aliphatic heterocycles. The van der Waals surface area contributed by atoms with Gasteiger partial charge in [-0.25, -0.2) is 5.43 Å². The van der Waals surface area contributed by atoms with Gasteiger partial charge in [0.1, 0.15) is 12.4 Å². The Bertz CT molecular complexity index is 1180. The zero-order valence-electron chi connectivity index (χ0n) is 16.2. The molecule has 12 heteroatoms. The van der Waals surface area contributed by atoms with Gasteiger partial charge in [-0.2, -0.15) is 35.8 Å². The first-order valence-electron chi connectivity index (χ1n) is 9.04. The van der Waals surface area contributed by atoms with Crippen LogP contribution in [0.2, 0.25) is 10.0 Å². The fraction of sp³-hybridized carbons (Fsp3) is 0.190. The van der Waals surface area contributed by atoms with Gasteiger partial charge in [0.2, 0.25) is 0 Å². The second kappa shape index (κ2) is 9.26. The van der Waals surface area contributed by atoms with Crippen LogP contribution >= 0.6 is 23.2 Å². The van der Waals surface area contributed by atoms with Gasteiger partial charge in [0.05, 0.1) is 16.3 Å². The van der Waals surface area contributed by atoms with Crippen LogP contribution in [0.3, 0.4) is 0 Å². The highest BCUT2D eigenvalue weighted by molar-refractivity contribution is 6.42. The van der Waals surface area contributed by atoms with Crippen LogP contribution in [-0.2, 0) is 6.61 Å². The Labute approximate surface area is 192 Å². The molecule has 0 atom stereocenters. The van der Waals surface area contributed by atoms with E-state index in [4.69, 9.17) is 27.9 Å². The van der Waals surface area contributed by atoms with Crippen molar-refractivity contribution in [3.63, 3.8) is 0 Å². The molecule has 0 amide bonds. The lowest BCUT2D eigenvalue weighted by Gasteiger charge is -2.27. The predicted molar refractivity (Wildman–Crippen MR) is 111 cm³/mol. The summed E-state index contributed by atoms with van der Waals surface area (Å²) in [6.07, 6.45) is -5.79. The molecule has 1 N–H and O–H groups in total. The lowest BCUT2D eigenvalue weighted by molar-refractivity contribution is -0.361. The Morgan fingerprint density at radius 2 is 1.58 bits per heavy atom. The number of nitrogens with one attached hydrogen (secondary N) is 1. The Hall–Kier alpha value is -2.72. The first-order valence-corrected chi connectivity index (χ1v) is 9.80. The zero-order chi connectivity index (χ0) is 24.4. The molecule has 0 radical (unpaired) electrons. The highest BCUT2D eigenvalue weighted by Crippen LogP contribution is 2.45. The fourth-order valence-electron chi connectivity index (χ4n) is 2.75. The summed E-state index contributed by atoms with van der Waals surface area (Å²) in [4.78, 5) is 0. The standard InChI is InChI=1S/C21H13Cl2F7N2O/c22-16-7-5-12(9-17(16)23)11-33-18-8-6-13-3-1-2-4-14(13)15(18)10-31-32-21(29,30)19(24,25)20(26,27)28/h1-10,32H,11H2/b31-10-. The molecule has 0 saturated carbocycles. The van der Waals surface area contributed by atoms with Crippen LogP contribution in [0.5, 0.6) is 5.75 Å². The lowest BCUT2D eigenvalue weighted by atomic mass is 10.0. The number of ether oxygens (including phenoxy) is 1. The number of fused-ring (bicyclic) bond motifs is 1. The molecule has 0 spiro atoms. The molecule has 176 valence electrons. The SMILES string of the molecule is FC(F)(F)C(F)(F)C(F)(F)N/N=C\c1c(OCc2ccc(Cl)c(Cl)c2)ccc2ccccc12. The smallest absolute Gasteiger partial charge is 0.462 e. The number of nitrogens with zero attached hydrogens (tertiary/aromatic N) is 1. The third-order valence-corrected chi connectivity index (χ3v) is 5.20. The average Bonchev–Trinajstić information content (AvgIpc) is 2.74. The molecule has 0 unspecified atom stereocenters. The minimum atomic E-state index is -6.48. The van der Waals surface area contributed by atoms with Crippen molar-refractivity contribution < 1.29 is 35.5 Å². The summed E-state index contributed by atoms with van der Waals surface area (Å²) < 4.78 is 95.8. The molecule has 0 aromatic heterocycles. The van der Waals surface area contributed by atoms with E-state index in [9.17, 15) is 30.7 Å². The van der Waals surface area contributed by atoms with Gasteiger partial charge in [-0.1, -0.05) is 59.6 Å². The van der Waals surface area contributed by atoms with E-state index < -0.39 is 18.1 Å². The molecule has 33 heavy (non-hydrogen) atoms. The molecule has 0 fully saturated rings. The number of hydrogen-bond donors (Lipinski definition) is 1. The molecule has 3 nitrogen and oxygen atoms in total. The van der Waals surface area contributed by atoms with Crippen LogP contribution in [0.25, 0.3) is 10.8 Å². The fourth-order valence-corrected chi connectivity index (χ4v) is 3.07. The van der Waals surface area contributed by atoms with Gasteiger partial charge < -0.3 is 4.74 Å². The third-order valence-electron chi connectivity index (χ3n) is 4.46. The van der Waals surface area contributed by atoms with Gasteiger partial charge in [0.25, 0.3) is 0 Å². The Kier molecular flexibility index (Phi) is 6.99. The quantitative estimate of drug-likeness (QED) is 0.154. The van der Waals surface area contributed by atoms with E-state index in [0.29, 0.717) is 33.0 Å². The number of benzene rings is 3. The Morgan fingerprint density at radius 3 is 2.24 bits per heavy atom. The average molecular weight is 513 g/mol. The van der Waals surface area contributed by atoms with E-state index in [-0.39, 0.29) is 22.9 Å². The highest BCUT2D eigenvalue weighted by atomic mass is 35.5. The second-order valence-electron chi connectivity index (χ2n) is 6.75. The van der Waals surface area contributed by atoms with Crippen LogP contribution < -0.4 is 10.2 Å². The van der Waals surface area contributed by atoms with E-state index in [1.54, 1.807) is 42.5 Å². The maximum Gasteiger partial charge on any atom is 0.462 e. The molecular formula is C21H13Cl2F7N2O. The molecule has 3 aromatic carbocycles. The van der Waals surface area contributed by atoms with Gasteiger partial charge in [0.15, 0.2) is 0 Å². The predicted octanol–water partition coefficient (Wildman–Crippen LogP) is 7.44. The molecule has 0 aliphatic rings. The number of halogens is 9. The summed E-state index contributed by atoms with van der Waals surface area (Å²) >= 11 is 11.8. The number of hydrogen-bond acceptors (Lipinski definition) is 3. The first kappa shape index (κ1) is 24.9. The van der Waals surface area contributed by atoms with Gasteiger partial charge in [-0.3, -0.25) is 0 Å². The van der Waals surface area contributed by atoms with E-state index in [1.807, 2.05) is 0 Å². The third kappa shape index (κ3) is 5.27. The van der Waals surface area contributed by atoms with Crippen molar-refractivity contribution in [2.24, 2.45) is 5.10 Å². The molecule has 0 heterocycles. The van der Waals surface area contributed by atoms with Gasteiger partial charge in [-0.15, -0.1) is 0 Å². The molecule has 0 saturated heterocycles. The van der Waals surface area contributed by atoms with Crippen molar-refractivity contribution in [1.82, 2.24) is 5.43 Å². The zero-order valence-corrected chi connectivity index (χ0v) is 17.7. The van der Waals surface area contributed by atoms with Crippen molar-refractivity contribution in [2.45, 2.75) is 24.8 Å². The van der Waals surface area contributed by atoms with Crippen molar-refractivity contribution >= 4 is 40.2 Å². The van der Waals surface area contributed by atoms with Crippen molar-refractivity contribution in [1.29, 1.82) is 0 Å². The van der Waals surface area contributed by atoms with Gasteiger partial charge in [-0.05, 0) is 34.5 Å². The monoisotopic (exact) mass is 512 g/mol. The summed E-state index contributed by atoms with van der Waals surface area (Å²) in [5, 5.41) is 4.60. The van der Waals surface area contributed by atoms with E-state index in [2.05, 4.69) is 5.10 Å². The van der Waals surface area contributed by atoms with Gasteiger partial charge >= 0.3 is 18.1 Å².